The first-order valence-electron chi connectivity index (χ1n) is 7.31. The Bertz CT molecular complexity index is 450. The van der Waals surface area contributed by atoms with Gasteiger partial charge in [-0.1, -0.05) is 13.3 Å². The second-order valence-electron chi connectivity index (χ2n) is 5.48. The van der Waals surface area contributed by atoms with Crippen molar-refractivity contribution in [3.8, 4) is 11.5 Å². The molecule has 4 heteroatoms. The van der Waals surface area contributed by atoms with E-state index in [0.717, 1.165) is 40.3 Å². The van der Waals surface area contributed by atoms with E-state index in [1.165, 1.54) is 12.8 Å². The molecular weight excluding hydrogens is 340 g/mol. The van der Waals surface area contributed by atoms with Gasteiger partial charge in [-0.05, 0) is 65.7 Å². The van der Waals surface area contributed by atoms with Crippen molar-refractivity contribution < 1.29 is 9.47 Å². The maximum atomic E-state index is 6.22. The predicted molar refractivity (Wildman–Crippen MR) is 86.9 cm³/mol. The van der Waals surface area contributed by atoms with Crippen LogP contribution in [0.1, 0.15) is 45.1 Å². The summed E-state index contributed by atoms with van der Waals surface area (Å²) in [6.07, 6.45) is 5.09. The molecule has 1 saturated carbocycles. The summed E-state index contributed by atoms with van der Waals surface area (Å²) in [6, 6.07) is 3.99. The van der Waals surface area contributed by atoms with Crippen LogP contribution in [0, 0.1) is 5.92 Å². The van der Waals surface area contributed by atoms with Crippen molar-refractivity contribution >= 4 is 27.5 Å². The molecule has 0 spiro atoms. The molecule has 2 atom stereocenters. The van der Waals surface area contributed by atoms with E-state index in [1.807, 2.05) is 19.1 Å². The number of hydrogen-bond donors (Lipinski definition) is 0. The number of halogens is 2. The van der Waals surface area contributed by atoms with Crippen molar-refractivity contribution in [3.63, 3.8) is 0 Å². The first-order valence-corrected chi connectivity index (χ1v) is 8.64. The van der Waals surface area contributed by atoms with E-state index in [1.54, 1.807) is 0 Å². The van der Waals surface area contributed by atoms with Gasteiger partial charge in [0.15, 0.2) is 11.5 Å². The predicted octanol–water partition coefficient (Wildman–Crippen LogP) is 5.54. The van der Waals surface area contributed by atoms with Crippen LogP contribution in [-0.2, 0) is 5.88 Å². The summed E-state index contributed by atoms with van der Waals surface area (Å²) in [5.74, 6) is 2.82. The maximum Gasteiger partial charge on any atom is 0.175 e. The van der Waals surface area contributed by atoms with E-state index in [0.29, 0.717) is 12.5 Å². The summed E-state index contributed by atoms with van der Waals surface area (Å²) in [5.41, 5.74) is 1.03. The van der Waals surface area contributed by atoms with Crippen LogP contribution in [-0.4, -0.2) is 12.7 Å². The molecule has 0 radical (unpaired) electrons. The smallest absolute Gasteiger partial charge is 0.175 e. The Morgan fingerprint density at radius 2 is 2.15 bits per heavy atom. The number of benzene rings is 1. The van der Waals surface area contributed by atoms with Crippen LogP contribution < -0.4 is 9.47 Å². The van der Waals surface area contributed by atoms with E-state index in [-0.39, 0.29) is 6.10 Å². The Balaban J connectivity index is 2.20. The van der Waals surface area contributed by atoms with Gasteiger partial charge in [0.2, 0.25) is 0 Å². The van der Waals surface area contributed by atoms with Gasteiger partial charge in [-0.15, -0.1) is 11.6 Å². The molecule has 1 aromatic carbocycles. The summed E-state index contributed by atoms with van der Waals surface area (Å²) >= 11 is 9.50. The molecule has 0 saturated heterocycles. The molecule has 0 aromatic heterocycles. The van der Waals surface area contributed by atoms with Crippen LogP contribution in [0.4, 0.5) is 0 Å². The molecule has 0 aliphatic heterocycles. The first kappa shape index (κ1) is 16.0. The Morgan fingerprint density at radius 3 is 2.80 bits per heavy atom. The highest BCUT2D eigenvalue weighted by atomic mass is 79.9. The zero-order chi connectivity index (χ0) is 14.5. The quantitative estimate of drug-likeness (QED) is 0.641. The fourth-order valence-electron chi connectivity index (χ4n) is 2.73. The van der Waals surface area contributed by atoms with Crippen LogP contribution in [0.3, 0.4) is 0 Å². The molecule has 0 N–H and O–H groups in total. The lowest BCUT2D eigenvalue weighted by Crippen LogP contribution is -2.24. The van der Waals surface area contributed by atoms with E-state index in [9.17, 15) is 0 Å². The van der Waals surface area contributed by atoms with Gasteiger partial charge in [0.05, 0.1) is 17.2 Å². The average molecular weight is 362 g/mol. The largest absolute Gasteiger partial charge is 0.490 e. The van der Waals surface area contributed by atoms with Crippen LogP contribution in [0.2, 0.25) is 0 Å². The summed E-state index contributed by atoms with van der Waals surface area (Å²) in [7, 11) is 0. The molecule has 20 heavy (non-hydrogen) atoms. The van der Waals surface area contributed by atoms with Crippen molar-refractivity contribution in [2.24, 2.45) is 5.92 Å². The van der Waals surface area contributed by atoms with Crippen LogP contribution in [0.25, 0.3) is 0 Å². The molecule has 112 valence electrons. The first-order chi connectivity index (χ1) is 9.63. The molecule has 1 aliphatic carbocycles. The highest BCUT2D eigenvalue weighted by Gasteiger charge is 2.23. The number of hydrogen-bond acceptors (Lipinski definition) is 2. The number of ether oxygens (including phenoxy) is 2. The fourth-order valence-corrected chi connectivity index (χ4v) is 3.47. The molecule has 0 amide bonds. The molecular formula is C16H22BrClO2. The topological polar surface area (TPSA) is 18.5 Å². The molecule has 1 aromatic rings. The minimum absolute atomic E-state index is 0.288. The minimum Gasteiger partial charge on any atom is -0.490 e. The van der Waals surface area contributed by atoms with Gasteiger partial charge in [-0.3, -0.25) is 0 Å². The van der Waals surface area contributed by atoms with E-state index < -0.39 is 0 Å². The molecule has 0 heterocycles. The van der Waals surface area contributed by atoms with Crippen LogP contribution >= 0.6 is 27.5 Å². The van der Waals surface area contributed by atoms with Gasteiger partial charge >= 0.3 is 0 Å². The van der Waals surface area contributed by atoms with Crippen LogP contribution in [0.15, 0.2) is 16.6 Å². The molecule has 2 nitrogen and oxygen atoms in total. The summed E-state index contributed by atoms with van der Waals surface area (Å²) in [4.78, 5) is 0. The fraction of sp³-hybridized carbons (Fsp3) is 0.625. The lowest BCUT2D eigenvalue weighted by Gasteiger charge is -2.28. The highest BCUT2D eigenvalue weighted by Crippen LogP contribution is 2.39. The average Bonchev–Trinajstić information content (AvgIpc) is 2.42. The van der Waals surface area contributed by atoms with Crippen molar-refractivity contribution in [3.05, 3.63) is 22.2 Å². The highest BCUT2D eigenvalue weighted by molar-refractivity contribution is 9.10. The third-order valence-electron chi connectivity index (χ3n) is 3.70. The van der Waals surface area contributed by atoms with Gasteiger partial charge < -0.3 is 9.47 Å². The Hall–Kier alpha value is -0.410. The van der Waals surface area contributed by atoms with Crippen molar-refractivity contribution in [1.29, 1.82) is 0 Å². The Morgan fingerprint density at radius 1 is 1.35 bits per heavy atom. The third kappa shape index (κ3) is 4.05. The van der Waals surface area contributed by atoms with E-state index in [4.69, 9.17) is 21.1 Å². The van der Waals surface area contributed by atoms with Gasteiger partial charge in [-0.25, -0.2) is 0 Å². The van der Waals surface area contributed by atoms with Crippen molar-refractivity contribution in [1.82, 2.24) is 0 Å². The van der Waals surface area contributed by atoms with Crippen molar-refractivity contribution in [2.45, 2.75) is 51.5 Å². The summed E-state index contributed by atoms with van der Waals surface area (Å²) < 4.78 is 12.9. The van der Waals surface area contributed by atoms with E-state index in [2.05, 4.69) is 22.9 Å². The lowest BCUT2D eigenvalue weighted by atomic mass is 9.89. The SMILES string of the molecule is CCOc1cc(CCl)cc(Br)c1OC1CCCC(C)C1. The lowest BCUT2D eigenvalue weighted by molar-refractivity contribution is 0.123. The monoisotopic (exact) mass is 360 g/mol. The number of alkyl halides is 1. The Labute approximate surface area is 134 Å². The third-order valence-corrected chi connectivity index (χ3v) is 4.59. The molecule has 0 bridgehead atoms. The Kier molecular flexibility index (Phi) is 6.03. The van der Waals surface area contributed by atoms with Gasteiger partial charge in [0.1, 0.15) is 0 Å². The number of rotatable bonds is 5. The van der Waals surface area contributed by atoms with Crippen LogP contribution in [0.5, 0.6) is 11.5 Å². The summed E-state index contributed by atoms with van der Waals surface area (Å²) in [6.45, 7) is 4.90. The minimum atomic E-state index is 0.288. The van der Waals surface area contributed by atoms with Crippen molar-refractivity contribution in [2.75, 3.05) is 6.61 Å². The van der Waals surface area contributed by atoms with Gasteiger partial charge in [0, 0.05) is 5.88 Å². The standard InChI is InChI=1S/C16H22BrClO2/c1-3-19-15-9-12(10-18)8-14(17)16(15)20-13-6-4-5-11(2)7-13/h8-9,11,13H,3-7,10H2,1-2H3. The molecule has 2 rings (SSSR count). The van der Waals surface area contributed by atoms with Gasteiger partial charge in [0.25, 0.3) is 0 Å². The second-order valence-corrected chi connectivity index (χ2v) is 6.60. The molecule has 1 aliphatic rings. The zero-order valence-corrected chi connectivity index (χ0v) is 14.5. The molecule has 2 unspecified atom stereocenters. The van der Waals surface area contributed by atoms with E-state index >= 15 is 0 Å². The maximum absolute atomic E-state index is 6.22. The molecule has 1 fully saturated rings. The second kappa shape index (κ2) is 7.56. The normalized spacial score (nSPS) is 22.6. The summed E-state index contributed by atoms with van der Waals surface area (Å²) in [5, 5.41) is 0. The zero-order valence-electron chi connectivity index (χ0n) is 12.1. The van der Waals surface area contributed by atoms with Gasteiger partial charge in [-0.2, -0.15) is 0 Å².